The van der Waals surface area contributed by atoms with Crippen LogP contribution in [0.3, 0.4) is 0 Å². The lowest BCUT2D eigenvalue weighted by Gasteiger charge is -2.16. The highest BCUT2D eigenvalue weighted by Crippen LogP contribution is 2.39. The van der Waals surface area contributed by atoms with Crippen LogP contribution in [0, 0.1) is 0 Å². The van der Waals surface area contributed by atoms with E-state index in [4.69, 9.17) is 19.9 Å². The van der Waals surface area contributed by atoms with E-state index in [1.54, 1.807) is 14.2 Å². The lowest BCUT2D eigenvalue weighted by atomic mass is 10.0. The van der Waals surface area contributed by atoms with Crippen LogP contribution >= 0.6 is 0 Å². The van der Waals surface area contributed by atoms with Gasteiger partial charge in [-0.1, -0.05) is 42.5 Å². The molecule has 0 saturated carbocycles. The van der Waals surface area contributed by atoms with Gasteiger partial charge in [-0.15, -0.1) is 0 Å². The summed E-state index contributed by atoms with van der Waals surface area (Å²) in [5.41, 5.74) is 9.84. The van der Waals surface area contributed by atoms with E-state index in [0.717, 1.165) is 39.5 Å². The fourth-order valence-electron chi connectivity index (χ4n) is 2.79. The van der Waals surface area contributed by atoms with E-state index >= 15 is 0 Å². The number of benzene rings is 3. The van der Waals surface area contributed by atoms with Crippen molar-refractivity contribution in [2.45, 2.75) is 13.2 Å². The summed E-state index contributed by atoms with van der Waals surface area (Å²) in [6.07, 6.45) is 0. The molecule has 0 aliphatic heterocycles. The Labute approximate surface area is 154 Å². The van der Waals surface area contributed by atoms with Crippen molar-refractivity contribution >= 4 is 0 Å². The SMILES string of the molecule is COc1ccc(-c2ccc(CN)cc2OCc2ccccc2)c(OC)c1. The average molecular weight is 349 g/mol. The van der Waals surface area contributed by atoms with Crippen molar-refractivity contribution in [2.75, 3.05) is 14.2 Å². The van der Waals surface area contributed by atoms with Crippen LogP contribution in [0.1, 0.15) is 11.1 Å². The van der Waals surface area contributed by atoms with E-state index in [1.807, 2.05) is 66.7 Å². The Morgan fingerprint density at radius 2 is 1.46 bits per heavy atom. The summed E-state index contributed by atoms with van der Waals surface area (Å²) in [7, 11) is 3.29. The normalized spacial score (nSPS) is 10.4. The van der Waals surface area contributed by atoms with Gasteiger partial charge < -0.3 is 19.9 Å². The van der Waals surface area contributed by atoms with E-state index in [-0.39, 0.29) is 0 Å². The minimum Gasteiger partial charge on any atom is -0.497 e. The van der Waals surface area contributed by atoms with Crippen molar-refractivity contribution in [2.24, 2.45) is 5.73 Å². The quantitative estimate of drug-likeness (QED) is 0.686. The molecule has 0 unspecified atom stereocenters. The zero-order valence-electron chi connectivity index (χ0n) is 15.1. The van der Waals surface area contributed by atoms with Crippen molar-refractivity contribution < 1.29 is 14.2 Å². The molecule has 0 bridgehead atoms. The Kier molecular flexibility index (Phi) is 5.77. The fourth-order valence-corrected chi connectivity index (χ4v) is 2.79. The van der Waals surface area contributed by atoms with Crippen LogP contribution in [0.4, 0.5) is 0 Å². The number of methoxy groups -OCH3 is 2. The maximum absolute atomic E-state index is 6.13. The monoisotopic (exact) mass is 349 g/mol. The maximum Gasteiger partial charge on any atom is 0.130 e. The van der Waals surface area contributed by atoms with Gasteiger partial charge in [0.1, 0.15) is 23.9 Å². The van der Waals surface area contributed by atoms with Crippen LogP contribution in [0.2, 0.25) is 0 Å². The van der Waals surface area contributed by atoms with Gasteiger partial charge in [0, 0.05) is 23.7 Å². The Morgan fingerprint density at radius 3 is 2.15 bits per heavy atom. The van der Waals surface area contributed by atoms with Gasteiger partial charge in [-0.3, -0.25) is 0 Å². The molecule has 0 fully saturated rings. The molecule has 0 aliphatic carbocycles. The van der Waals surface area contributed by atoms with E-state index in [9.17, 15) is 0 Å². The van der Waals surface area contributed by atoms with Crippen molar-refractivity contribution in [3.8, 4) is 28.4 Å². The Morgan fingerprint density at radius 1 is 0.731 bits per heavy atom. The molecule has 2 N–H and O–H groups in total. The van der Waals surface area contributed by atoms with Gasteiger partial charge >= 0.3 is 0 Å². The second-order valence-corrected chi connectivity index (χ2v) is 5.88. The van der Waals surface area contributed by atoms with Gasteiger partial charge in [0.15, 0.2) is 0 Å². The number of rotatable bonds is 7. The first-order valence-electron chi connectivity index (χ1n) is 8.47. The highest BCUT2D eigenvalue weighted by molar-refractivity contribution is 5.77. The summed E-state index contributed by atoms with van der Waals surface area (Å²) >= 11 is 0. The van der Waals surface area contributed by atoms with Gasteiger partial charge in [0.2, 0.25) is 0 Å². The summed E-state index contributed by atoms with van der Waals surface area (Å²) in [5, 5.41) is 0. The molecule has 0 aliphatic rings. The molecule has 134 valence electrons. The Balaban J connectivity index is 1.98. The summed E-state index contributed by atoms with van der Waals surface area (Å²) in [6.45, 7) is 0.946. The second-order valence-electron chi connectivity index (χ2n) is 5.88. The molecule has 3 rings (SSSR count). The number of ether oxygens (including phenoxy) is 3. The molecule has 0 radical (unpaired) electrons. The highest BCUT2D eigenvalue weighted by atomic mass is 16.5. The molecule has 0 amide bonds. The minimum absolute atomic E-state index is 0.460. The van der Waals surface area contributed by atoms with Crippen LogP contribution in [0.25, 0.3) is 11.1 Å². The zero-order valence-corrected chi connectivity index (χ0v) is 15.1. The minimum atomic E-state index is 0.460. The standard InChI is InChI=1S/C22H23NO3/c1-24-18-9-11-19(21(13-18)25-2)20-10-8-17(14-23)12-22(20)26-15-16-6-4-3-5-7-16/h3-13H,14-15,23H2,1-2H3. The van der Waals surface area contributed by atoms with Crippen LogP contribution < -0.4 is 19.9 Å². The smallest absolute Gasteiger partial charge is 0.130 e. The number of nitrogens with two attached hydrogens (primary N) is 1. The molecule has 3 aromatic rings. The summed E-state index contributed by atoms with van der Waals surface area (Å²) < 4.78 is 17.0. The first kappa shape index (κ1) is 17.8. The lowest BCUT2D eigenvalue weighted by Crippen LogP contribution is -2.01. The highest BCUT2D eigenvalue weighted by Gasteiger charge is 2.13. The number of hydrogen-bond donors (Lipinski definition) is 1. The van der Waals surface area contributed by atoms with Crippen molar-refractivity contribution in [3.05, 3.63) is 77.9 Å². The third kappa shape index (κ3) is 3.98. The van der Waals surface area contributed by atoms with Gasteiger partial charge in [-0.25, -0.2) is 0 Å². The molecule has 4 nitrogen and oxygen atoms in total. The Bertz CT molecular complexity index is 863. The van der Waals surface area contributed by atoms with E-state index in [2.05, 4.69) is 0 Å². The van der Waals surface area contributed by atoms with E-state index < -0.39 is 0 Å². The molecular formula is C22H23NO3. The van der Waals surface area contributed by atoms with E-state index in [1.165, 1.54) is 0 Å². The van der Waals surface area contributed by atoms with Crippen molar-refractivity contribution in [3.63, 3.8) is 0 Å². The average Bonchev–Trinajstić information content (AvgIpc) is 2.72. The summed E-state index contributed by atoms with van der Waals surface area (Å²) in [6, 6.07) is 21.9. The Hall–Kier alpha value is -2.98. The van der Waals surface area contributed by atoms with E-state index in [0.29, 0.717) is 13.2 Å². The molecule has 0 atom stereocenters. The molecule has 26 heavy (non-hydrogen) atoms. The molecule has 0 heterocycles. The summed E-state index contributed by atoms with van der Waals surface area (Å²) in [4.78, 5) is 0. The van der Waals surface area contributed by atoms with Gasteiger partial charge in [-0.05, 0) is 29.3 Å². The maximum atomic E-state index is 6.13. The predicted octanol–water partition coefficient (Wildman–Crippen LogP) is 4.41. The molecule has 0 spiro atoms. The van der Waals surface area contributed by atoms with Gasteiger partial charge in [0.25, 0.3) is 0 Å². The first-order valence-corrected chi connectivity index (χ1v) is 8.47. The third-order valence-electron chi connectivity index (χ3n) is 4.22. The van der Waals surface area contributed by atoms with Gasteiger partial charge in [0.05, 0.1) is 14.2 Å². The van der Waals surface area contributed by atoms with Crippen molar-refractivity contribution in [1.82, 2.24) is 0 Å². The molecule has 0 aromatic heterocycles. The van der Waals surface area contributed by atoms with Crippen LogP contribution in [0.15, 0.2) is 66.7 Å². The molecular weight excluding hydrogens is 326 g/mol. The third-order valence-corrected chi connectivity index (χ3v) is 4.22. The van der Waals surface area contributed by atoms with Gasteiger partial charge in [-0.2, -0.15) is 0 Å². The van der Waals surface area contributed by atoms with Crippen LogP contribution in [0.5, 0.6) is 17.2 Å². The number of hydrogen-bond acceptors (Lipinski definition) is 4. The molecule has 0 saturated heterocycles. The van der Waals surface area contributed by atoms with Crippen LogP contribution in [-0.2, 0) is 13.2 Å². The molecule has 4 heteroatoms. The van der Waals surface area contributed by atoms with Crippen molar-refractivity contribution in [1.29, 1.82) is 0 Å². The zero-order chi connectivity index (χ0) is 18.4. The fraction of sp³-hybridized carbons (Fsp3) is 0.182. The topological polar surface area (TPSA) is 53.7 Å². The summed E-state index contributed by atoms with van der Waals surface area (Å²) in [5.74, 6) is 2.26. The predicted molar refractivity (Wildman–Crippen MR) is 104 cm³/mol. The first-order chi connectivity index (χ1) is 12.7. The molecule has 3 aromatic carbocycles. The second kappa shape index (κ2) is 8.41. The largest absolute Gasteiger partial charge is 0.497 e. The lowest BCUT2D eigenvalue weighted by molar-refractivity contribution is 0.307. The van der Waals surface area contributed by atoms with Crippen LogP contribution in [-0.4, -0.2) is 14.2 Å².